The zero-order valence-electron chi connectivity index (χ0n) is 18.2. The van der Waals surface area contributed by atoms with Crippen LogP contribution in [0.1, 0.15) is 56.2 Å². The minimum absolute atomic E-state index is 0.0222. The maximum absolute atomic E-state index is 14.4. The van der Waals surface area contributed by atoms with Crippen molar-refractivity contribution in [2.45, 2.75) is 46.0 Å². The highest BCUT2D eigenvalue weighted by molar-refractivity contribution is 5.64. The molecule has 3 rings (SSSR count). The molecule has 0 aliphatic heterocycles. The van der Waals surface area contributed by atoms with Gasteiger partial charge in [0, 0.05) is 5.56 Å². The number of halogens is 2. The van der Waals surface area contributed by atoms with E-state index in [1.165, 1.54) is 17.7 Å². The highest BCUT2D eigenvalue weighted by atomic mass is 19.2. The standard InChI is InChI=1S/C28H28F2O/c1-3-5-6-20-31-26-19-18-25(27(29)28(26)30)17-12-22-10-15-24(16-11-22)23-13-8-21(7-4-2)9-14-23/h8-11,13-16,18-19H,3-7,20H2,1-2H3. The molecule has 0 unspecified atom stereocenters. The third-order valence-corrected chi connectivity index (χ3v) is 5.10. The van der Waals surface area contributed by atoms with Crippen molar-refractivity contribution in [3.63, 3.8) is 0 Å². The molecule has 0 amide bonds. The van der Waals surface area contributed by atoms with E-state index in [1.807, 2.05) is 24.3 Å². The van der Waals surface area contributed by atoms with Crippen molar-refractivity contribution < 1.29 is 13.5 Å². The molecule has 0 saturated carbocycles. The Bertz CT molecular complexity index is 1040. The number of benzene rings is 3. The lowest BCUT2D eigenvalue weighted by molar-refractivity contribution is 0.286. The molecule has 0 saturated heterocycles. The molecule has 0 N–H and O–H groups in total. The first kappa shape index (κ1) is 22.6. The van der Waals surface area contributed by atoms with Gasteiger partial charge in [0.05, 0.1) is 12.2 Å². The SMILES string of the molecule is CCCCCOc1ccc(C#Cc2ccc(-c3ccc(CCC)cc3)cc2)c(F)c1F. The topological polar surface area (TPSA) is 9.23 Å². The molecule has 0 bridgehead atoms. The predicted octanol–water partition coefficient (Wildman–Crippen LogP) is 7.55. The summed E-state index contributed by atoms with van der Waals surface area (Å²) in [6.45, 7) is 4.62. The minimum Gasteiger partial charge on any atom is -0.490 e. The van der Waals surface area contributed by atoms with Gasteiger partial charge in [0.15, 0.2) is 11.6 Å². The van der Waals surface area contributed by atoms with E-state index in [9.17, 15) is 8.78 Å². The van der Waals surface area contributed by atoms with E-state index < -0.39 is 11.6 Å². The molecule has 0 atom stereocenters. The van der Waals surface area contributed by atoms with Crippen LogP contribution >= 0.6 is 0 Å². The van der Waals surface area contributed by atoms with Crippen LogP contribution in [0.3, 0.4) is 0 Å². The van der Waals surface area contributed by atoms with Gasteiger partial charge in [0.1, 0.15) is 0 Å². The Hall–Kier alpha value is -3.12. The van der Waals surface area contributed by atoms with Gasteiger partial charge < -0.3 is 4.74 Å². The van der Waals surface area contributed by atoms with Gasteiger partial charge in [0.25, 0.3) is 0 Å². The third-order valence-electron chi connectivity index (χ3n) is 5.10. The van der Waals surface area contributed by atoms with Crippen molar-refractivity contribution in [3.8, 4) is 28.7 Å². The lowest BCUT2D eigenvalue weighted by atomic mass is 10.0. The van der Waals surface area contributed by atoms with E-state index in [0.717, 1.165) is 48.8 Å². The first-order chi connectivity index (χ1) is 15.1. The molecule has 0 heterocycles. The molecule has 1 nitrogen and oxygen atoms in total. The summed E-state index contributed by atoms with van der Waals surface area (Å²) < 4.78 is 34.0. The van der Waals surface area contributed by atoms with Crippen LogP contribution in [-0.2, 0) is 6.42 Å². The van der Waals surface area contributed by atoms with Gasteiger partial charge in [-0.25, -0.2) is 4.39 Å². The van der Waals surface area contributed by atoms with Crippen LogP contribution in [-0.4, -0.2) is 6.61 Å². The number of ether oxygens (including phenoxy) is 1. The largest absolute Gasteiger partial charge is 0.490 e. The van der Waals surface area contributed by atoms with Gasteiger partial charge in [-0.3, -0.25) is 0 Å². The van der Waals surface area contributed by atoms with Gasteiger partial charge >= 0.3 is 0 Å². The molecular weight excluding hydrogens is 390 g/mol. The van der Waals surface area contributed by atoms with Crippen LogP contribution in [0.25, 0.3) is 11.1 Å². The van der Waals surface area contributed by atoms with Gasteiger partial charge in [0.2, 0.25) is 5.82 Å². The first-order valence-electron chi connectivity index (χ1n) is 10.9. The molecule has 0 aromatic heterocycles. The number of aryl methyl sites for hydroxylation is 1. The van der Waals surface area contributed by atoms with Gasteiger partial charge in [-0.15, -0.1) is 0 Å². The summed E-state index contributed by atoms with van der Waals surface area (Å²) in [5.41, 5.74) is 4.33. The lowest BCUT2D eigenvalue weighted by Crippen LogP contribution is -2.01. The Labute approximate surface area is 184 Å². The summed E-state index contributed by atoms with van der Waals surface area (Å²) in [5.74, 6) is 3.64. The van der Waals surface area contributed by atoms with E-state index in [4.69, 9.17) is 4.74 Å². The molecular formula is C28H28F2O. The second-order valence-electron chi connectivity index (χ2n) is 7.57. The monoisotopic (exact) mass is 418 g/mol. The zero-order chi connectivity index (χ0) is 22.1. The Morgan fingerprint density at radius 1 is 0.710 bits per heavy atom. The molecule has 31 heavy (non-hydrogen) atoms. The van der Waals surface area contributed by atoms with E-state index in [-0.39, 0.29) is 11.3 Å². The molecule has 0 aliphatic rings. The Balaban J connectivity index is 1.69. The Morgan fingerprint density at radius 3 is 2.03 bits per heavy atom. The van der Waals surface area contributed by atoms with Crippen LogP contribution in [0.15, 0.2) is 60.7 Å². The maximum atomic E-state index is 14.4. The number of hydrogen-bond acceptors (Lipinski definition) is 1. The number of rotatable bonds is 8. The van der Waals surface area contributed by atoms with Crippen molar-refractivity contribution in [3.05, 3.63) is 89.0 Å². The summed E-state index contributed by atoms with van der Waals surface area (Å²) in [6.07, 6.45) is 5.07. The summed E-state index contributed by atoms with van der Waals surface area (Å²) in [5, 5.41) is 0. The van der Waals surface area contributed by atoms with Crippen LogP contribution in [0.4, 0.5) is 8.78 Å². The normalized spacial score (nSPS) is 10.5. The minimum atomic E-state index is -0.981. The molecule has 0 spiro atoms. The fraction of sp³-hybridized carbons (Fsp3) is 0.286. The highest BCUT2D eigenvalue weighted by Gasteiger charge is 2.13. The smallest absolute Gasteiger partial charge is 0.201 e. The van der Waals surface area contributed by atoms with Crippen molar-refractivity contribution in [2.24, 2.45) is 0 Å². The molecule has 0 aliphatic carbocycles. The number of unbranched alkanes of at least 4 members (excludes halogenated alkanes) is 2. The van der Waals surface area contributed by atoms with Gasteiger partial charge in [-0.2, -0.15) is 4.39 Å². The van der Waals surface area contributed by atoms with Crippen LogP contribution in [0.2, 0.25) is 0 Å². The summed E-state index contributed by atoms with van der Waals surface area (Å²) in [7, 11) is 0. The van der Waals surface area contributed by atoms with Crippen molar-refractivity contribution in [2.75, 3.05) is 6.61 Å². The zero-order valence-corrected chi connectivity index (χ0v) is 18.2. The fourth-order valence-corrected chi connectivity index (χ4v) is 3.31. The van der Waals surface area contributed by atoms with Crippen LogP contribution in [0.5, 0.6) is 5.75 Å². The highest BCUT2D eigenvalue weighted by Crippen LogP contribution is 2.23. The van der Waals surface area contributed by atoms with Crippen molar-refractivity contribution in [1.82, 2.24) is 0 Å². The third kappa shape index (κ3) is 6.18. The fourth-order valence-electron chi connectivity index (χ4n) is 3.31. The van der Waals surface area contributed by atoms with E-state index in [0.29, 0.717) is 6.61 Å². The van der Waals surface area contributed by atoms with E-state index >= 15 is 0 Å². The van der Waals surface area contributed by atoms with E-state index in [1.54, 1.807) is 0 Å². The Kier molecular flexibility index (Phi) is 8.24. The molecule has 3 heteroatoms. The van der Waals surface area contributed by atoms with Gasteiger partial charge in [-0.05, 0) is 53.8 Å². The molecule has 0 fully saturated rings. The quantitative estimate of drug-likeness (QED) is 0.271. The van der Waals surface area contributed by atoms with Crippen molar-refractivity contribution >= 4 is 0 Å². The van der Waals surface area contributed by atoms with Crippen molar-refractivity contribution in [1.29, 1.82) is 0 Å². The second-order valence-corrected chi connectivity index (χ2v) is 7.57. The Morgan fingerprint density at radius 2 is 1.39 bits per heavy atom. The summed E-state index contributed by atoms with van der Waals surface area (Å²) in [4.78, 5) is 0. The molecule has 3 aromatic rings. The molecule has 0 radical (unpaired) electrons. The maximum Gasteiger partial charge on any atom is 0.201 e. The average Bonchev–Trinajstić information content (AvgIpc) is 2.80. The lowest BCUT2D eigenvalue weighted by Gasteiger charge is -2.08. The summed E-state index contributed by atoms with van der Waals surface area (Å²) >= 11 is 0. The van der Waals surface area contributed by atoms with Crippen LogP contribution < -0.4 is 4.74 Å². The number of hydrogen-bond donors (Lipinski definition) is 0. The van der Waals surface area contributed by atoms with Gasteiger partial charge in [-0.1, -0.05) is 81.3 Å². The predicted molar refractivity (Wildman–Crippen MR) is 123 cm³/mol. The first-order valence-corrected chi connectivity index (χ1v) is 10.9. The molecule has 3 aromatic carbocycles. The second kappa shape index (κ2) is 11.3. The summed E-state index contributed by atoms with van der Waals surface area (Å²) in [6, 6.07) is 19.2. The average molecular weight is 419 g/mol. The van der Waals surface area contributed by atoms with Crippen LogP contribution in [0, 0.1) is 23.5 Å². The van der Waals surface area contributed by atoms with E-state index in [2.05, 4.69) is 50.0 Å². The molecule has 160 valence electrons.